The Bertz CT molecular complexity index is 527. The molecule has 0 aromatic heterocycles. The van der Waals surface area contributed by atoms with Gasteiger partial charge in [0.2, 0.25) is 5.91 Å². The Morgan fingerprint density at radius 2 is 2.00 bits per heavy atom. The van der Waals surface area contributed by atoms with E-state index in [2.05, 4.69) is 33.4 Å². The molecular weight excluding hydrogens is 318 g/mol. The van der Waals surface area contributed by atoms with Crippen LogP contribution in [-0.4, -0.2) is 17.6 Å². The van der Waals surface area contributed by atoms with Crippen LogP contribution in [0.25, 0.3) is 0 Å². The summed E-state index contributed by atoms with van der Waals surface area (Å²) in [6.07, 6.45) is 2.04. The first-order chi connectivity index (χ1) is 9.37. The minimum Gasteiger partial charge on any atom is -0.396 e. The van der Waals surface area contributed by atoms with Crippen molar-refractivity contribution in [3.05, 3.63) is 33.8 Å². The highest BCUT2D eigenvalue weighted by atomic mass is 79.9. The van der Waals surface area contributed by atoms with E-state index in [1.807, 2.05) is 26.8 Å². The number of hydrogen-bond donors (Lipinski definition) is 2. The Morgan fingerprint density at radius 3 is 2.60 bits per heavy atom. The third-order valence-corrected chi connectivity index (χ3v) is 4.89. The molecule has 1 aliphatic rings. The first kappa shape index (κ1) is 15.5. The van der Waals surface area contributed by atoms with E-state index in [0.717, 1.165) is 16.5 Å². The molecule has 0 radical (unpaired) electrons. The van der Waals surface area contributed by atoms with Gasteiger partial charge in [-0.05, 0) is 56.4 Å². The fourth-order valence-electron chi connectivity index (χ4n) is 3.21. The minimum absolute atomic E-state index is 0.0732. The number of halogens is 1. The second-order valence-corrected chi connectivity index (χ2v) is 6.95. The lowest BCUT2D eigenvalue weighted by molar-refractivity contribution is -0.130. The Labute approximate surface area is 128 Å². The first-order valence-electron chi connectivity index (χ1n) is 7.11. The summed E-state index contributed by atoms with van der Waals surface area (Å²) >= 11 is 3.52. The molecule has 0 bridgehead atoms. The van der Waals surface area contributed by atoms with Crippen molar-refractivity contribution in [2.24, 2.45) is 0 Å². The monoisotopic (exact) mass is 339 g/mol. The van der Waals surface area contributed by atoms with Gasteiger partial charge in [0.05, 0.1) is 11.0 Å². The summed E-state index contributed by atoms with van der Waals surface area (Å²) in [5, 5.41) is 12.3. The zero-order valence-corrected chi connectivity index (χ0v) is 13.9. The molecule has 2 N–H and O–H groups in total. The van der Waals surface area contributed by atoms with Crippen LogP contribution in [0.5, 0.6) is 0 Å². The number of carbonyl (C=O) groups is 1. The number of aliphatic hydroxyl groups is 1. The predicted molar refractivity (Wildman–Crippen MR) is 83.6 cm³/mol. The maximum absolute atomic E-state index is 12.7. The third-order valence-electron chi connectivity index (χ3n) is 4.40. The maximum Gasteiger partial charge on any atom is 0.231 e. The van der Waals surface area contributed by atoms with Gasteiger partial charge in [-0.1, -0.05) is 28.9 Å². The van der Waals surface area contributed by atoms with Crippen LogP contribution in [0.3, 0.4) is 0 Å². The second kappa shape index (κ2) is 5.49. The van der Waals surface area contributed by atoms with E-state index in [1.54, 1.807) is 0 Å². The lowest BCUT2D eigenvalue weighted by Gasteiger charge is -2.45. The summed E-state index contributed by atoms with van der Waals surface area (Å²) in [7, 11) is 0. The van der Waals surface area contributed by atoms with Crippen molar-refractivity contribution in [2.75, 3.05) is 6.61 Å². The lowest BCUT2D eigenvalue weighted by Crippen LogP contribution is -2.56. The van der Waals surface area contributed by atoms with E-state index < -0.39 is 5.41 Å². The number of rotatable bonds is 4. The van der Waals surface area contributed by atoms with Gasteiger partial charge in [0.15, 0.2) is 0 Å². The summed E-state index contributed by atoms with van der Waals surface area (Å²) in [4.78, 5) is 12.7. The zero-order valence-electron chi connectivity index (χ0n) is 12.3. The van der Waals surface area contributed by atoms with E-state index in [4.69, 9.17) is 5.11 Å². The molecule has 3 nitrogen and oxygen atoms in total. The first-order valence-corrected chi connectivity index (χ1v) is 7.90. The smallest absolute Gasteiger partial charge is 0.231 e. The second-order valence-electron chi connectivity index (χ2n) is 6.03. The van der Waals surface area contributed by atoms with E-state index in [9.17, 15) is 4.79 Å². The van der Waals surface area contributed by atoms with Gasteiger partial charge < -0.3 is 10.4 Å². The van der Waals surface area contributed by atoms with Crippen molar-refractivity contribution in [1.29, 1.82) is 0 Å². The van der Waals surface area contributed by atoms with Gasteiger partial charge in [0, 0.05) is 11.1 Å². The average Bonchev–Trinajstić information content (AvgIpc) is 2.38. The number of hydrogen-bond acceptors (Lipinski definition) is 2. The van der Waals surface area contributed by atoms with Gasteiger partial charge >= 0.3 is 0 Å². The van der Waals surface area contributed by atoms with Gasteiger partial charge in [0.25, 0.3) is 0 Å². The van der Waals surface area contributed by atoms with Crippen molar-refractivity contribution < 1.29 is 9.90 Å². The van der Waals surface area contributed by atoms with Gasteiger partial charge in [-0.2, -0.15) is 0 Å². The molecular formula is C16H22BrNO2. The van der Waals surface area contributed by atoms with Crippen LogP contribution in [0.4, 0.5) is 0 Å². The van der Waals surface area contributed by atoms with Crippen LogP contribution >= 0.6 is 15.9 Å². The molecule has 1 aromatic carbocycles. The van der Waals surface area contributed by atoms with Crippen molar-refractivity contribution in [3.8, 4) is 0 Å². The number of fused-ring (bicyclic) bond motifs is 1. The Hall–Kier alpha value is -0.870. The summed E-state index contributed by atoms with van der Waals surface area (Å²) in [6.45, 7) is 6.22. The van der Waals surface area contributed by atoms with E-state index >= 15 is 0 Å². The molecule has 110 valence electrons. The molecule has 0 saturated carbocycles. The zero-order chi connectivity index (χ0) is 15.0. The Kier molecular flexibility index (Phi) is 4.26. The predicted octanol–water partition coefficient (Wildman–Crippen LogP) is 3.23. The summed E-state index contributed by atoms with van der Waals surface area (Å²) in [5.74, 6) is 0.0732. The van der Waals surface area contributed by atoms with Crippen LogP contribution < -0.4 is 5.32 Å². The van der Waals surface area contributed by atoms with Gasteiger partial charge in [-0.3, -0.25) is 4.79 Å². The molecule has 1 amide bonds. The molecule has 1 aromatic rings. The van der Waals surface area contributed by atoms with Crippen LogP contribution in [0.15, 0.2) is 22.7 Å². The highest BCUT2D eigenvalue weighted by Gasteiger charge is 2.47. The van der Waals surface area contributed by atoms with Crippen molar-refractivity contribution >= 4 is 21.8 Å². The standard InChI is InChI=1S/C16H22BrNO2/c1-4-16(8-5-9-19)13-10-11(17)6-7-12(13)15(2,3)18-14(16)20/h6-7,10,19H,4-5,8-9H2,1-3H3,(H,18,20). The number of nitrogens with one attached hydrogen (secondary N) is 1. The quantitative estimate of drug-likeness (QED) is 0.884. The van der Waals surface area contributed by atoms with Crippen molar-refractivity contribution in [3.63, 3.8) is 0 Å². The van der Waals surface area contributed by atoms with Crippen molar-refractivity contribution in [2.45, 2.75) is 51.0 Å². The molecule has 2 rings (SSSR count). The number of amides is 1. The topological polar surface area (TPSA) is 49.3 Å². The average molecular weight is 340 g/mol. The van der Waals surface area contributed by atoms with Gasteiger partial charge in [-0.25, -0.2) is 0 Å². The van der Waals surface area contributed by atoms with E-state index in [-0.39, 0.29) is 18.1 Å². The normalized spacial score (nSPS) is 24.1. The van der Waals surface area contributed by atoms with Gasteiger partial charge in [0.1, 0.15) is 0 Å². The lowest BCUT2D eigenvalue weighted by atomic mass is 9.66. The van der Waals surface area contributed by atoms with E-state index in [1.165, 1.54) is 5.56 Å². The highest BCUT2D eigenvalue weighted by Crippen LogP contribution is 2.44. The van der Waals surface area contributed by atoms with Crippen LogP contribution in [0.2, 0.25) is 0 Å². The largest absolute Gasteiger partial charge is 0.396 e. The minimum atomic E-state index is -0.530. The Morgan fingerprint density at radius 1 is 1.30 bits per heavy atom. The van der Waals surface area contributed by atoms with Crippen LogP contribution in [0, 0.1) is 0 Å². The molecule has 1 unspecified atom stereocenters. The fraction of sp³-hybridized carbons (Fsp3) is 0.562. The molecule has 1 aliphatic heterocycles. The molecule has 1 atom stereocenters. The molecule has 20 heavy (non-hydrogen) atoms. The summed E-state index contributed by atoms with van der Waals surface area (Å²) in [5.41, 5.74) is 1.37. The molecule has 0 spiro atoms. The van der Waals surface area contributed by atoms with Gasteiger partial charge in [-0.15, -0.1) is 0 Å². The summed E-state index contributed by atoms with van der Waals surface area (Å²) < 4.78 is 0.989. The van der Waals surface area contributed by atoms with Crippen molar-refractivity contribution in [1.82, 2.24) is 5.32 Å². The van der Waals surface area contributed by atoms with E-state index in [0.29, 0.717) is 12.8 Å². The number of aliphatic hydroxyl groups excluding tert-OH is 1. The van der Waals surface area contributed by atoms with Crippen LogP contribution in [-0.2, 0) is 15.7 Å². The SMILES string of the molecule is CCC1(CCCO)C(=O)NC(C)(C)c2ccc(Br)cc21. The maximum atomic E-state index is 12.7. The molecule has 0 aliphatic carbocycles. The molecule has 4 heteroatoms. The summed E-state index contributed by atoms with van der Waals surface area (Å²) in [6, 6.07) is 6.17. The highest BCUT2D eigenvalue weighted by molar-refractivity contribution is 9.10. The van der Waals surface area contributed by atoms with Crippen LogP contribution in [0.1, 0.15) is 51.2 Å². The molecule has 1 heterocycles. The third kappa shape index (κ3) is 2.40. The Balaban J connectivity index is 2.63. The number of benzene rings is 1. The molecule has 0 saturated heterocycles. The number of carbonyl (C=O) groups excluding carboxylic acids is 1. The molecule has 0 fully saturated rings. The fourth-order valence-corrected chi connectivity index (χ4v) is 3.57.